The Morgan fingerprint density at radius 1 is 1.14 bits per heavy atom. The molecule has 1 amide bonds. The highest BCUT2D eigenvalue weighted by atomic mass is 35.5. The van der Waals surface area contributed by atoms with Crippen molar-refractivity contribution in [1.29, 1.82) is 0 Å². The Hall–Kier alpha value is -2.23. The van der Waals surface area contributed by atoms with Gasteiger partial charge in [-0.3, -0.25) is 4.79 Å². The summed E-state index contributed by atoms with van der Waals surface area (Å²) in [4.78, 5) is 11.8. The molecule has 0 atom stereocenters. The molecule has 0 unspecified atom stereocenters. The minimum atomic E-state index is -3.69. The molecule has 28 heavy (non-hydrogen) atoms. The Kier molecular flexibility index (Phi) is 7.73. The quantitative estimate of drug-likeness (QED) is 0.591. The third kappa shape index (κ3) is 6.15. The number of amides is 1. The lowest BCUT2D eigenvalue weighted by Crippen LogP contribution is -2.24. The number of carbonyl (C=O) groups is 1. The van der Waals surface area contributed by atoms with E-state index in [0.717, 1.165) is 18.6 Å². The molecule has 0 spiro atoms. The van der Waals surface area contributed by atoms with Crippen LogP contribution in [0.25, 0.3) is 0 Å². The van der Waals surface area contributed by atoms with Gasteiger partial charge in [-0.05, 0) is 36.8 Å². The monoisotopic (exact) mass is 432 g/mol. The Bertz CT molecular complexity index is 955. The zero-order chi connectivity index (χ0) is 20.7. The minimum absolute atomic E-state index is 0.0130. The summed E-state index contributed by atoms with van der Waals surface area (Å²) in [5.74, 6) is -2.64. The fraction of sp³-hybridized carbons (Fsp3) is 0.278. The standard InChI is InChI=1S/C18H19ClF2N2O4S/c1-2-3-8-22-28(25,26)13-5-7-17(14(19)10-13)27-11-18(24)23-12-4-6-15(20)16(21)9-12/h4-7,9-10,22H,2-3,8,11H2,1H3,(H,23,24). The number of unbranched alkanes of at least 4 members (excludes halogenated alkanes) is 1. The number of hydrogen-bond acceptors (Lipinski definition) is 4. The Morgan fingerprint density at radius 2 is 1.89 bits per heavy atom. The molecule has 0 aliphatic heterocycles. The van der Waals surface area contributed by atoms with Gasteiger partial charge >= 0.3 is 0 Å². The second-order valence-electron chi connectivity index (χ2n) is 5.81. The molecule has 0 saturated carbocycles. The van der Waals surface area contributed by atoms with E-state index < -0.39 is 34.2 Å². The highest BCUT2D eigenvalue weighted by Gasteiger charge is 2.16. The van der Waals surface area contributed by atoms with Crippen molar-refractivity contribution in [3.05, 3.63) is 53.1 Å². The first-order valence-electron chi connectivity index (χ1n) is 8.40. The smallest absolute Gasteiger partial charge is 0.262 e. The zero-order valence-corrected chi connectivity index (χ0v) is 16.5. The number of carbonyl (C=O) groups excluding carboxylic acids is 1. The second kappa shape index (κ2) is 9.81. The molecule has 0 fully saturated rings. The van der Waals surface area contributed by atoms with Gasteiger partial charge < -0.3 is 10.1 Å². The number of sulfonamides is 1. The number of halogens is 3. The fourth-order valence-corrected chi connectivity index (χ4v) is 3.55. The number of nitrogens with one attached hydrogen (secondary N) is 2. The maximum Gasteiger partial charge on any atom is 0.262 e. The summed E-state index contributed by atoms with van der Waals surface area (Å²) in [5.41, 5.74) is 0.0678. The zero-order valence-electron chi connectivity index (χ0n) is 15.0. The topological polar surface area (TPSA) is 84.5 Å². The van der Waals surface area contributed by atoms with Crippen LogP contribution in [0.2, 0.25) is 5.02 Å². The van der Waals surface area contributed by atoms with E-state index >= 15 is 0 Å². The number of anilines is 1. The van der Waals surface area contributed by atoms with Gasteiger partial charge in [-0.1, -0.05) is 24.9 Å². The van der Waals surface area contributed by atoms with Crippen LogP contribution in [-0.4, -0.2) is 27.5 Å². The molecule has 10 heteroatoms. The fourth-order valence-electron chi connectivity index (χ4n) is 2.15. The maximum atomic E-state index is 13.1. The van der Waals surface area contributed by atoms with Crippen molar-refractivity contribution in [3.63, 3.8) is 0 Å². The Morgan fingerprint density at radius 3 is 2.54 bits per heavy atom. The average molecular weight is 433 g/mol. The summed E-state index contributed by atoms with van der Waals surface area (Å²) < 4.78 is 58.1. The van der Waals surface area contributed by atoms with Crippen molar-refractivity contribution >= 4 is 33.2 Å². The molecule has 0 aliphatic carbocycles. The summed E-state index contributed by atoms with van der Waals surface area (Å²) in [6.07, 6.45) is 1.56. The van der Waals surface area contributed by atoms with Crippen LogP contribution < -0.4 is 14.8 Å². The maximum absolute atomic E-state index is 13.1. The molecule has 0 saturated heterocycles. The van der Waals surface area contributed by atoms with Gasteiger partial charge in [0.05, 0.1) is 9.92 Å². The molecule has 0 bridgehead atoms. The first-order valence-corrected chi connectivity index (χ1v) is 10.3. The van der Waals surface area contributed by atoms with Gasteiger partial charge in [0, 0.05) is 18.3 Å². The van der Waals surface area contributed by atoms with Gasteiger partial charge in [0.25, 0.3) is 5.91 Å². The van der Waals surface area contributed by atoms with Crippen molar-refractivity contribution in [2.45, 2.75) is 24.7 Å². The highest BCUT2D eigenvalue weighted by Crippen LogP contribution is 2.27. The molecule has 152 valence electrons. The molecular formula is C18H19ClF2N2O4S. The third-order valence-corrected chi connectivity index (χ3v) is 5.35. The summed E-state index contributed by atoms with van der Waals surface area (Å²) in [7, 11) is -3.69. The van der Waals surface area contributed by atoms with E-state index in [1.807, 2.05) is 6.92 Å². The van der Waals surface area contributed by atoms with E-state index in [1.54, 1.807) is 0 Å². The molecule has 0 heterocycles. The van der Waals surface area contributed by atoms with E-state index in [2.05, 4.69) is 10.0 Å². The van der Waals surface area contributed by atoms with Gasteiger partial charge in [0.1, 0.15) is 5.75 Å². The van der Waals surface area contributed by atoms with Crippen LogP contribution in [-0.2, 0) is 14.8 Å². The van der Waals surface area contributed by atoms with E-state index in [0.29, 0.717) is 13.0 Å². The molecule has 2 aromatic carbocycles. The normalized spacial score (nSPS) is 11.3. The molecule has 0 radical (unpaired) electrons. The van der Waals surface area contributed by atoms with Crippen LogP contribution in [0.4, 0.5) is 14.5 Å². The van der Waals surface area contributed by atoms with Gasteiger partial charge in [-0.15, -0.1) is 0 Å². The van der Waals surface area contributed by atoms with Crippen molar-refractivity contribution in [3.8, 4) is 5.75 Å². The lowest BCUT2D eigenvalue weighted by atomic mass is 10.3. The molecule has 2 aromatic rings. The van der Waals surface area contributed by atoms with Crippen LogP contribution in [0.15, 0.2) is 41.3 Å². The summed E-state index contributed by atoms with van der Waals surface area (Å²) in [5, 5.41) is 2.36. The van der Waals surface area contributed by atoms with Crippen molar-refractivity contribution in [1.82, 2.24) is 4.72 Å². The van der Waals surface area contributed by atoms with Gasteiger partial charge in [-0.25, -0.2) is 21.9 Å². The number of ether oxygens (including phenoxy) is 1. The Labute approximate surface area is 166 Å². The highest BCUT2D eigenvalue weighted by molar-refractivity contribution is 7.89. The van der Waals surface area contributed by atoms with Crippen molar-refractivity contribution < 1.29 is 26.7 Å². The summed E-state index contributed by atoms with van der Waals surface area (Å²) in [6.45, 7) is 1.80. The van der Waals surface area contributed by atoms with E-state index in [-0.39, 0.29) is 21.4 Å². The van der Waals surface area contributed by atoms with Crippen molar-refractivity contribution in [2.24, 2.45) is 0 Å². The summed E-state index contributed by atoms with van der Waals surface area (Å²) in [6, 6.07) is 6.79. The first-order chi connectivity index (χ1) is 13.2. The average Bonchev–Trinajstić information content (AvgIpc) is 2.64. The second-order valence-corrected chi connectivity index (χ2v) is 7.98. The lowest BCUT2D eigenvalue weighted by Gasteiger charge is -2.11. The molecule has 6 nitrogen and oxygen atoms in total. The van der Waals surface area contributed by atoms with Gasteiger partial charge in [0.15, 0.2) is 18.2 Å². The number of rotatable bonds is 9. The predicted octanol–water partition coefficient (Wildman–Crippen LogP) is 3.71. The van der Waals surface area contributed by atoms with Gasteiger partial charge in [-0.2, -0.15) is 0 Å². The van der Waals surface area contributed by atoms with E-state index in [9.17, 15) is 22.0 Å². The molecule has 2 N–H and O–H groups in total. The van der Waals surface area contributed by atoms with Gasteiger partial charge in [0.2, 0.25) is 10.0 Å². The number of benzene rings is 2. The van der Waals surface area contributed by atoms with Crippen molar-refractivity contribution in [2.75, 3.05) is 18.5 Å². The lowest BCUT2D eigenvalue weighted by molar-refractivity contribution is -0.118. The van der Waals surface area contributed by atoms with Crippen LogP contribution in [0.3, 0.4) is 0 Å². The van der Waals surface area contributed by atoms with E-state index in [4.69, 9.17) is 16.3 Å². The summed E-state index contributed by atoms with van der Waals surface area (Å²) >= 11 is 6.04. The third-order valence-electron chi connectivity index (χ3n) is 3.60. The predicted molar refractivity (Wildman–Crippen MR) is 102 cm³/mol. The van der Waals surface area contributed by atoms with Crippen LogP contribution in [0.5, 0.6) is 5.75 Å². The van der Waals surface area contributed by atoms with Crippen LogP contribution in [0.1, 0.15) is 19.8 Å². The van der Waals surface area contributed by atoms with E-state index in [1.165, 1.54) is 24.3 Å². The molecule has 0 aliphatic rings. The SMILES string of the molecule is CCCCNS(=O)(=O)c1ccc(OCC(=O)Nc2ccc(F)c(F)c2)c(Cl)c1. The Balaban J connectivity index is 1.97. The molecular weight excluding hydrogens is 414 g/mol. The number of hydrogen-bond donors (Lipinski definition) is 2. The minimum Gasteiger partial charge on any atom is -0.482 e. The van der Waals surface area contributed by atoms with Crippen LogP contribution >= 0.6 is 11.6 Å². The van der Waals surface area contributed by atoms with Crippen LogP contribution in [0, 0.1) is 11.6 Å². The molecule has 2 rings (SSSR count). The largest absolute Gasteiger partial charge is 0.482 e. The first kappa shape index (κ1) is 22.1. The molecule has 0 aromatic heterocycles.